The summed E-state index contributed by atoms with van der Waals surface area (Å²) in [4.78, 5) is 11.0. The van der Waals surface area contributed by atoms with E-state index in [4.69, 9.17) is 10.5 Å². The van der Waals surface area contributed by atoms with Crippen molar-refractivity contribution in [1.29, 1.82) is 0 Å². The van der Waals surface area contributed by atoms with Crippen molar-refractivity contribution < 1.29 is 9.53 Å². The molecule has 0 bridgehead atoms. The fraction of sp³-hybridized carbons (Fsp3) is 0.917. The van der Waals surface area contributed by atoms with E-state index in [9.17, 15) is 4.79 Å². The first-order chi connectivity index (χ1) is 7.63. The fourth-order valence-corrected chi connectivity index (χ4v) is 2.18. The highest BCUT2D eigenvalue weighted by Gasteiger charge is 2.19. The molecule has 0 aromatic heterocycles. The predicted molar refractivity (Wildman–Crippen MR) is 64.0 cm³/mol. The number of rotatable bonds is 6. The maximum Gasteiger partial charge on any atom is 0.234 e. The lowest BCUT2D eigenvalue weighted by Crippen LogP contribution is -2.40. The molecule has 1 saturated carbocycles. The Labute approximate surface area is 97.9 Å². The van der Waals surface area contributed by atoms with Crippen LogP contribution in [-0.2, 0) is 9.53 Å². The largest absolute Gasteiger partial charge is 0.378 e. The summed E-state index contributed by atoms with van der Waals surface area (Å²) in [6.07, 6.45) is 5.88. The normalized spacial score (nSPS) is 27.6. The number of amides is 1. The lowest BCUT2D eigenvalue weighted by molar-refractivity contribution is -0.120. The summed E-state index contributed by atoms with van der Waals surface area (Å²) in [5.41, 5.74) is 5.23. The van der Waals surface area contributed by atoms with Crippen molar-refractivity contribution in [2.24, 2.45) is 11.7 Å². The van der Waals surface area contributed by atoms with Crippen molar-refractivity contribution >= 4 is 5.91 Å². The molecule has 0 aromatic carbocycles. The van der Waals surface area contributed by atoms with Crippen LogP contribution in [-0.4, -0.2) is 31.7 Å². The van der Waals surface area contributed by atoms with Gasteiger partial charge < -0.3 is 15.8 Å². The number of nitrogens with two attached hydrogens (primary N) is 1. The second kappa shape index (κ2) is 6.86. The number of likely N-dealkylation sites (N-methyl/N-ethyl adjacent to an activating group) is 1. The Morgan fingerprint density at radius 2 is 2.06 bits per heavy atom. The molecule has 1 aliphatic carbocycles. The van der Waals surface area contributed by atoms with Crippen LogP contribution in [0, 0.1) is 5.92 Å². The summed E-state index contributed by atoms with van der Waals surface area (Å²) in [5.74, 6) is 0.541. The van der Waals surface area contributed by atoms with E-state index < -0.39 is 0 Å². The molecule has 4 nitrogen and oxygen atoms in total. The van der Waals surface area contributed by atoms with Gasteiger partial charge in [-0.1, -0.05) is 6.92 Å². The zero-order valence-electron chi connectivity index (χ0n) is 10.4. The predicted octanol–water partition coefficient (Wildman–Crippen LogP) is 1.05. The maximum absolute atomic E-state index is 11.0. The third-order valence-electron chi connectivity index (χ3n) is 3.41. The average Bonchev–Trinajstić information content (AvgIpc) is 2.26. The van der Waals surface area contributed by atoms with Gasteiger partial charge in [0, 0.05) is 6.61 Å². The molecule has 1 aliphatic rings. The molecular formula is C12H24N2O2. The Morgan fingerprint density at radius 3 is 2.56 bits per heavy atom. The van der Waals surface area contributed by atoms with Gasteiger partial charge in [-0.3, -0.25) is 4.79 Å². The van der Waals surface area contributed by atoms with Gasteiger partial charge >= 0.3 is 0 Å². The molecule has 0 spiro atoms. The van der Waals surface area contributed by atoms with Gasteiger partial charge in [-0.05, 0) is 45.1 Å². The minimum atomic E-state index is -0.302. The lowest BCUT2D eigenvalue weighted by Gasteiger charge is -2.26. The molecule has 16 heavy (non-hydrogen) atoms. The van der Waals surface area contributed by atoms with Gasteiger partial charge in [-0.2, -0.15) is 0 Å². The van der Waals surface area contributed by atoms with Crippen LogP contribution in [0.15, 0.2) is 0 Å². The van der Waals surface area contributed by atoms with E-state index in [-0.39, 0.29) is 11.9 Å². The summed E-state index contributed by atoms with van der Waals surface area (Å²) in [5, 5.41) is 2.89. The van der Waals surface area contributed by atoms with Crippen LogP contribution >= 0.6 is 0 Å². The monoisotopic (exact) mass is 228 g/mol. The number of primary amides is 1. The molecule has 0 saturated heterocycles. The first-order valence-electron chi connectivity index (χ1n) is 6.21. The average molecular weight is 228 g/mol. The molecule has 94 valence electrons. The lowest BCUT2D eigenvalue weighted by atomic mass is 9.89. The highest BCUT2D eigenvalue weighted by Crippen LogP contribution is 2.25. The summed E-state index contributed by atoms with van der Waals surface area (Å²) in [7, 11) is 1.75. The molecule has 4 heteroatoms. The summed E-state index contributed by atoms with van der Waals surface area (Å²) in [6, 6.07) is -0.262. The number of nitrogens with one attached hydrogen (secondary N) is 1. The third-order valence-corrected chi connectivity index (χ3v) is 3.41. The zero-order valence-corrected chi connectivity index (χ0v) is 10.4. The number of carbonyl (C=O) groups excluding carboxylic acids is 1. The molecule has 1 atom stereocenters. The molecule has 0 aromatic rings. The molecule has 1 amide bonds. The van der Waals surface area contributed by atoms with E-state index in [2.05, 4.69) is 12.2 Å². The Morgan fingerprint density at radius 1 is 1.44 bits per heavy atom. The van der Waals surface area contributed by atoms with Gasteiger partial charge in [0.15, 0.2) is 0 Å². The quantitative estimate of drug-likeness (QED) is 0.714. The van der Waals surface area contributed by atoms with Gasteiger partial charge in [0.1, 0.15) is 0 Å². The van der Waals surface area contributed by atoms with Gasteiger partial charge in [0.25, 0.3) is 0 Å². The van der Waals surface area contributed by atoms with Crippen molar-refractivity contribution in [2.75, 3.05) is 13.7 Å². The molecule has 0 radical (unpaired) electrons. The first-order valence-corrected chi connectivity index (χ1v) is 6.21. The number of hydrogen-bond donors (Lipinski definition) is 2. The van der Waals surface area contributed by atoms with Crippen LogP contribution in [0.5, 0.6) is 0 Å². The smallest absolute Gasteiger partial charge is 0.234 e. The van der Waals surface area contributed by atoms with Crippen LogP contribution in [0.3, 0.4) is 0 Å². The van der Waals surface area contributed by atoms with E-state index in [1.165, 1.54) is 12.8 Å². The Kier molecular flexibility index (Phi) is 5.77. The third kappa shape index (κ3) is 4.49. The number of hydrogen-bond acceptors (Lipinski definition) is 3. The van der Waals surface area contributed by atoms with Crippen molar-refractivity contribution in [2.45, 2.75) is 51.2 Å². The van der Waals surface area contributed by atoms with Crippen LogP contribution in [0.2, 0.25) is 0 Å². The van der Waals surface area contributed by atoms with Gasteiger partial charge in [-0.15, -0.1) is 0 Å². The van der Waals surface area contributed by atoms with E-state index >= 15 is 0 Å². The molecular weight excluding hydrogens is 204 g/mol. The summed E-state index contributed by atoms with van der Waals surface area (Å²) < 4.78 is 5.77. The zero-order chi connectivity index (χ0) is 12.0. The molecule has 3 N–H and O–H groups in total. The minimum Gasteiger partial charge on any atom is -0.378 e. The van der Waals surface area contributed by atoms with Crippen molar-refractivity contribution in [3.05, 3.63) is 0 Å². The standard InChI is InChI=1S/C12H24N2O2/c1-9-3-5-10(6-4-9)16-8-7-11(14-2)12(13)15/h9-11,14H,3-8H2,1-2H3,(H2,13,15). The number of ether oxygens (including phenoxy) is 1. The Hall–Kier alpha value is -0.610. The highest BCUT2D eigenvalue weighted by molar-refractivity contribution is 5.79. The van der Waals surface area contributed by atoms with Crippen LogP contribution in [0.25, 0.3) is 0 Å². The fourth-order valence-electron chi connectivity index (χ4n) is 2.18. The maximum atomic E-state index is 11.0. The summed E-state index contributed by atoms with van der Waals surface area (Å²) >= 11 is 0. The van der Waals surface area contributed by atoms with E-state index in [0.717, 1.165) is 18.8 Å². The highest BCUT2D eigenvalue weighted by atomic mass is 16.5. The molecule has 0 heterocycles. The van der Waals surface area contributed by atoms with Crippen LogP contribution in [0.4, 0.5) is 0 Å². The Balaban J connectivity index is 2.12. The SMILES string of the molecule is CNC(CCOC1CCC(C)CC1)C(N)=O. The molecule has 1 rings (SSSR count). The van der Waals surface area contributed by atoms with Gasteiger partial charge in [-0.25, -0.2) is 0 Å². The van der Waals surface area contributed by atoms with Gasteiger partial charge in [0.2, 0.25) is 5.91 Å². The van der Waals surface area contributed by atoms with Crippen molar-refractivity contribution in [3.8, 4) is 0 Å². The minimum absolute atomic E-state index is 0.262. The molecule has 1 unspecified atom stereocenters. The van der Waals surface area contributed by atoms with E-state index in [0.29, 0.717) is 19.1 Å². The Bertz CT molecular complexity index is 213. The van der Waals surface area contributed by atoms with Crippen LogP contribution < -0.4 is 11.1 Å². The van der Waals surface area contributed by atoms with Gasteiger partial charge in [0.05, 0.1) is 12.1 Å². The molecule has 1 fully saturated rings. The number of carbonyl (C=O) groups is 1. The van der Waals surface area contributed by atoms with E-state index in [1.54, 1.807) is 7.05 Å². The second-order valence-corrected chi connectivity index (χ2v) is 4.78. The first kappa shape index (κ1) is 13.5. The topological polar surface area (TPSA) is 64.3 Å². The summed E-state index contributed by atoms with van der Waals surface area (Å²) in [6.45, 7) is 2.91. The molecule has 0 aliphatic heterocycles. The van der Waals surface area contributed by atoms with Crippen molar-refractivity contribution in [1.82, 2.24) is 5.32 Å². The second-order valence-electron chi connectivity index (χ2n) is 4.78. The van der Waals surface area contributed by atoms with Crippen LogP contribution in [0.1, 0.15) is 39.0 Å². The van der Waals surface area contributed by atoms with Crippen molar-refractivity contribution in [3.63, 3.8) is 0 Å². The van der Waals surface area contributed by atoms with E-state index in [1.807, 2.05) is 0 Å².